The van der Waals surface area contributed by atoms with E-state index in [1.165, 1.54) is 23.5 Å². The van der Waals surface area contributed by atoms with Crippen LogP contribution in [-0.2, 0) is 4.79 Å². The van der Waals surface area contributed by atoms with Gasteiger partial charge in [0.25, 0.3) is 5.91 Å². The lowest BCUT2D eigenvalue weighted by molar-refractivity contribution is -0.150. The van der Waals surface area contributed by atoms with Gasteiger partial charge in [0.2, 0.25) is 0 Å². The molecule has 0 radical (unpaired) electrons. The third-order valence-corrected chi connectivity index (χ3v) is 8.14. The maximum Gasteiger partial charge on any atom is 0.311 e. The van der Waals surface area contributed by atoms with Crippen molar-refractivity contribution >= 4 is 35.4 Å². The fourth-order valence-corrected chi connectivity index (χ4v) is 6.41. The van der Waals surface area contributed by atoms with Gasteiger partial charge in [-0.3, -0.25) is 9.59 Å². The molecule has 0 atom stereocenters. The van der Waals surface area contributed by atoms with Crippen molar-refractivity contribution in [2.45, 2.75) is 43.1 Å². The molecule has 6 heteroatoms. The average molecular weight is 380 g/mol. The summed E-state index contributed by atoms with van der Waals surface area (Å²) in [6, 6.07) is 7.76. The Hall–Kier alpha value is -1.14. The first kappa shape index (κ1) is 18.6. The number of aliphatic carboxylic acids is 1. The van der Waals surface area contributed by atoms with Crippen LogP contribution in [0, 0.1) is 5.41 Å². The minimum absolute atomic E-state index is 0.179. The van der Waals surface area contributed by atoms with Gasteiger partial charge in [0.15, 0.2) is 0 Å². The van der Waals surface area contributed by atoms with Crippen LogP contribution in [-0.4, -0.2) is 35.0 Å². The summed E-state index contributed by atoms with van der Waals surface area (Å²) >= 11 is 3.92. The van der Waals surface area contributed by atoms with Gasteiger partial charge in [-0.1, -0.05) is 31.4 Å². The molecule has 0 aromatic heterocycles. The molecule has 2 fully saturated rings. The zero-order chi connectivity index (χ0) is 17.7. The summed E-state index contributed by atoms with van der Waals surface area (Å²) in [4.78, 5) is 24.1. The number of hydrogen-bond donors (Lipinski definition) is 2. The third kappa shape index (κ3) is 4.53. The molecule has 1 aromatic rings. The molecule has 1 aromatic carbocycles. The highest BCUT2D eigenvalue weighted by molar-refractivity contribution is 8.16. The number of carboxylic acids is 1. The number of benzene rings is 1. The fourth-order valence-electron chi connectivity index (χ4n) is 3.52. The largest absolute Gasteiger partial charge is 0.481 e. The molecule has 1 aliphatic carbocycles. The summed E-state index contributed by atoms with van der Waals surface area (Å²) < 4.78 is 0.461. The van der Waals surface area contributed by atoms with Crippen molar-refractivity contribution in [3.8, 4) is 0 Å². The van der Waals surface area contributed by atoms with Gasteiger partial charge in [0.1, 0.15) is 0 Å². The van der Waals surface area contributed by atoms with E-state index in [1.54, 1.807) is 0 Å². The molecule has 0 spiro atoms. The first-order valence-electron chi connectivity index (χ1n) is 8.95. The molecule has 1 saturated carbocycles. The normalized spacial score (nSPS) is 20.8. The van der Waals surface area contributed by atoms with Crippen molar-refractivity contribution in [1.82, 2.24) is 5.32 Å². The van der Waals surface area contributed by atoms with E-state index in [9.17, 15) is 14.7 Å². The lowest BCUT2D eigenvalue weighted by atomic mass is 9.74. The zero-order valence-electron chi connectivity index (χ0n) is 14.3. The fraction of sp³-hybridized carbons (Fsp3) is 0.579. The van der Waals surface area contributed by atoms with Gasteiger partial charge in [-0.25, -0.2) is 0 Å². The summed E-state index contributed by atoms with van der Waals surface area (Å²) in [5, 5.41) is 12.5. The summed E-state index contributed by atoms with van der Waals surface area (Å²) in [5.41, 5.74) is 1.06. The zero-order valence-corrected chi connectivity index (χ0v) is 16.0. The number of hydrogen-bond acceptors (Lipinski definition) is 4. The SMILES string of the molecule is O=C(NCC1(C(=O)O)CCCCC1)c1ccc(C2SCCCS2)cc1. The first-order chi connectivity index (χ1) is 12.1. The van der Waals surface area contributed by atoms with Crippen LogP contribution < -0.4 is 5.32 Å². The highest BCUT2D eigenvalue weighted by Crippen LogP contribution is 2.43. The number of thioether (sulfide) groups is 2. The van der Waals surface area contributed by atoms with E-state index in [1.807, 2.05) is 47.8 Å². The van der Waals surface area contributed by atoms with Crippen LogP contribution in [0.15, 0.2) is 24.3 Å². The van der Waals surface area contributed by atoms with Crippen molar-refractivity contribution < 1.29 is 14.7 Å². The Morgan fingerprint density at radius 3 is 2.28 bits per heavy atom. The van der Waals surface area contributed by atoms with Gasteiger partial charge in [-0.05, 0) is 48.5 Å². The van der Waals surface area contributed by atoms with Crippen molar-refractivity contribution in [3.63, 3.8) is 0 Å². The Balaban J connectivity index is 1.60. The second kappa shape index (κ2) is 8.49. The molecule has 25 heavy (non-hydrogen) atoms. The minimum Gasteiger partial charge on any atom is -0.481 e. The quantitative estimate of drug-likeness (QED) is 0.797. The van der Waals surface area contributed by atoms with Gasteiger partial charge in [-0.15, -0.1) is 23.5 Å². The Morgan fingerprint density at radius 2 is 1.68 bits per heavy atom. The van der Waals surface area contributed by atoms with Gasteiger partial charge in [0, 0.05) is 12.1 Å². The van der Waals surface area contributed by atoms with Crippen molar-refractivity contribution in [1.29, 1.82) is 0 Å². The predicted molar refractivity (Wildman–Crippen MR) is 104 cm³/mol. The first-order valence-corrected chi connectivity index (χ1v) is 11.1. The molecular formula is C19H25NO3S2. The molecule has 0 unspecified atom stereocenters. The summed E-state index contributed by atoms with van der Waals surface area (Å²) in [6.07, 6.45) is 5.50. The molecule has 1 heterocycles. The average Bonchev–Trinajstić information content (AvgIpc) is 2.67. The molecule has 1 saturated heterocycles. The van der Waals surface area contributed by atoms with E-state index in [-0.39, 0.29) is 12.5 Å². The molecule has 1 amide bonds. The van der Waals surface area contributed by atoms with Crippen LogP contribution in [0.5, 0.6) is 0 Å². The maximum absolute atomic E-state index is 12.4. The summed E-state index contributed by atoms with van der Waals surface area (Å²) in [5.74, 6) is 1.42. The van der Waals surface area contributed by atoms with Crippen molar-refractivity contribution in [2.24, 2.45) is 5.41 Å². The Labute approximate surface area is 157 Å². The van der Waals surface area contributed by atoms with Crippen molar-refractivity contribution in [3.05, 3.63) is 35.4 Å². The topological polar surface area (TPSA) is 66.4 Å². The van der Waals surface area contributed by atoms with E-state index >= 15 is 0 Å². The van der Waals surface area contributed by atoms with Gasteiger partial charge in [-0.2, -0.15) is 0 Å². The van der Waals surface area contributed by atoms with Crippen molar-refractivity contribution in [2.75, 3.05) is 18.1 Å². The smallest absolute Gasteiger partial charge is 0.311 e. The number of carbonyl (C=O) groups is 2. The number of nitrogens with one attached hydrogen (secondary N) is 1. The highest BCUT2D eigenvalue weighted by Gasteiger charge is 2.39. The second-order valence-corrected chi connectivity index (χ2v) is 9.60. The number of amides is 1. The molecule has 0 bridgehead atoms. The van der Waals surface area contributed by atoms with Crippen LogP contribution in [0.25, 0.3) is 0 Å². The van der Waals surface area contributed by atoms with E-state index < -0.39 is 11.4 Å². The Morgan fingerprint density at radius 1 is 1.04 bits per heavy atom. The molecule has 2 aliphatic rings. The standard InChI is InChI=1S/C19H25NO3S2/c21-16(20-13-19(18(22)23)9-2-1-3-10-19)14-5-7-15(8-6-14)17-24-11-4-12-25-17/h5-8,17H,1-4,9-13H2,(H,20,21)(H,22,23). The molecule has 2 N–H and O–H groups in total. The second-order valence-electron chi connectivity index (χ2n) is 6.88. The summed E-state index contributed by atoms with van der Waals surface area (Å²) in [7, 11) is 0. The monoisotopic (exact) mass is 379 g/mol. The van der Waals surface area contributed by atoms with Gasteiger partial charge >= 0.3 is 5.97 Å². The number of rotatable bonds is 5. The number of carboxylic acid groups (broad SMARTS) is 1. The summed E-state index contributed by atoms with van der Waals surface area (Å²) in [6.45, 7) is 0.219. The molecular weight excluding hydrogens is 354 g/mol. The molecule has 1 aliphatic heterocycles. The van der Waals surface area contributed by atoms with E-state index in [0.29, 0.717) is 23.0 Å². The maximum atomic E-state index is 12.4. The third-order valence-electron chi connectivity index (χ3n) is 5.12. The van der Waals surface area contributed by atoms with E-state index in [0.717, 1.165) is 19.3 Å². The van der Waals surface area contributed by atoms with E-state index in [4.69, 9.17) is 0 Å². The lowest BCUT2D eigenvalue weighted by Crippen LogP contribution is -2.44. The molecule has 136 valence electrons. The minimum atomic E-state index is -0.788. The van der Waals surface area contributed by atoms with Gasteiger partial charge < -0.3 is 10.4 Å². The molecule has 3 rings (SSSR count). The Bertz CT molecular complexity index is 606. The molecule has 4 nitrogen and oxygen atoms in total. The van der Waals surface area contributed by atoms with Crippen LogP contribution in [0.4, 0.5) is 0 Å². The van der Waals surface area contributed by atoms with Crippen LogP contribution in [0.2, 0.25) is 0 Å². The van der Waals surface area contributed by atoms with Crippen LogP contribution in [0.1, 0.15) is 59.0 Å². The van der Waals surface area contributed by atoms with Gasteiger partial charge in [0.05, 0.1) is 10.00 Å². The lowest BCUT2D eigenvalue weighted by Gasteiger charge is -2.33. The predicted octanol–water partition coefficient (Wildman–Crippen LogP) is 4.32. The van der Waals surface area contributed by atoms with Crippen LogP contribution >= 0.6 is 23.5 Å². The van der Waals surface area contributed by atoms with E-state index in [2.05, 4.69) is 5.32 Å². The highest BCUT2D eigenvalue weighted by atomic mass is 32.2. The van der Waals surface area contributed by atoms with Crippen LogP contribution in [0.3, 0.4) is 0 Å². The number of carbonyl (C=O) groups excluding carboxylic acids is 1. The Kier molecular flexibility index (Phi) is 6.34.